The Kier molecular flexibility index (Phi) is 8.56. The second kappa shape index (κ2) is 11.5. The second-order valence-electron chi connectivity index (χ2n) is 13.3. The maximum Gasteiger partial charge on any atom is 0.0147 e. The van der Waals surface area contributed by atoms with E-state index in [1.807, 2.05) is 27.7 Å². The summed E-state index contributed by atoms with van der Waals surface area (Å²) in [5.74, 6) is 0. The van der Waals surface area contributed by atoms with E-state index < -0.39 is 0 Å². The predicted molar refractivity (Wildman–Crippen MR) is 186 cm³/mol. The van der Waals surface area contributed by atoms with E-state index >= 15 is 0 Å². The number of hydrogen-bond acceptors (Lipinski definition) is 0. The number of rotatable bonds is 2. The molecule has 0 saturated heterocycles. The second-order valence-corrected chi connectivity index (χ2v) is 13.3. The minimum Gasteiger partial charge on any atom is -0.0796 e. The van der Waals surface area contributed by atoms with Crippen LogP contribution in [-0.4, -0.2) is 0 Å². The van der Waals surface area contributed by atoms with Crippen molar-refractivity contribution in [3.05, 3.63) is 108 Å². The maximum absolute atomic E-state index is 2.46. The zero-order valence-corrected chi connectivity index (χ0v) is 27.4. The van der Waals surface area contributed by atoms with E-state index in [2.05, 4.69) is 139 Å². The maximum atomic E-state index is 2.46. The van der Waals surface area contributed by atoms with E-state index in [1.54, 1.807) is 0 Å². The average Bonchev–Trinajstić information content (AvgIpc) is 2.97. The molecule has 0 saturated carbocycles. The van der Waals surface area contributed by atoms with Gasteiger partial charge in [0.1, 0.15) is 0 Å². The quantitative estimate of drug-likeness (QED) is 0.195. The Balaban J connectivity index is 0.000000929. The summed E-state index contributed by atoms with van der Waals surface area (Å²) in [4.78, 5) is 0. The Bertz CT molecular complexity index is 1690. The zero-order valence-electron chi connectivity index (χ0n) is 27.4. The van der Waals surface area contributed by atoms with Crippen LogP contribution in [0.5, 0.6) is 0 Å². The van der Waals surface area contributed by atoms with Crippen molar-refractivity contribution in [3.8, 4) is 11.1 Å². The third kappa shape index (κ3) is 5.59. The first-order valence-corrected chi connectivity index (χ1v) is 15.7. The van der Waals surface area contributed by atoms with Crippen molar-refractivity contribution in [3.63, 3.8) is 0 Å². The van der Waals surface area contributed by atoms with Crippen LogP contribution in [0.15, 0.2) is 96.6 Å². The van der Waals surface area contributed by atoms with Gasteiger partial charge in [0.05, 0.1) is 0 Å². The molecule has 1 aliphatic carbocycles. The lowest BCUT2D eigenvalue weighted by molar-refractivity contribution is 0.498. The van der Waals surface area contributed by atoms with Gasteiger partial charge in [-0.15, -0.1) is 0 Å². The van der Waals surface area contributed by atoms with Crippen LogP contribution < -0.4 is 0 Å². The molecule has 0 fully saturated rings. The minimum absolute atomic E-state index is 0.0112. The first-order chi connectivity index (χ1) is 19.5. The van der Waals surface area contributed by atoms with Crippen molar-refractivity contribution < 1.29 is 0 Å². The molecule has 1 aliphatic rings. The van der Waals surface area contributed by atoms with Gasteiger partial charge < -0.3 is 0 Å². The molecule has 0 amide bonds. The van der Waals surface area contributed by atoms with Crippen molar-refractivity contribution in [2.45, 2.75) is 93.4 Å². The highest BCUT2D eigenvalue weighted by atomic mass is 14.3. The highest BCUT2D eigenvalue weighted by molar-refractivity contribution is 6.26. The van der Waals surface area contributed by atoms with Crippen LogP contribution in [0.25, 0.3) is 43.4 Å². The minimum atomic E-state index is -0.0112. The fourth-order valence-corrected chi connectivity index (χ4v) is 6.19. The summed E-state index contributed by atoms with van der Waals surface area (Å²) in [5, 5.41) is 8.17. The van der Waals surface area contributed by atoms with Gasteiger partial charge in [0, 0.05) is 5.41 Å². The van der Waals surface area contributed by atoms with Crippen LogP contribution in [0.1, 0.15) is 93.7 Å². The van der Waals surface area contributed by atoms with Crippen molar-refractivity contribution >= 4 is 32.3 Å². The predicted octanol–water partition coefficient (Wildman–Crippen LogP) is 12.8. The molecule has 0 spiro atoms. The molecular formula is C41H50. The van der Waals surface area contributed by atoms with Gasteiger partial charge in [-0.05, 0) is 77.4 Å². The highest BCUT2D eigenvalue weighted by Gasteiger charge is 2.30. The fraction of sp³-hybridized carbons (Fsp3) is 0.366. The van der Waals surface area contributed by atoms with Gasteiger partial charge in [0.25, 0.3) is 0 Å². The number of allylic oxidation sites excluding steroid dienone is 4. The largest absolute Gasteiger partial charge is 0.0796 e. The molecule has 6 rings (SSSR count). The molecule has 1 unspecified atom stereocenters. The van der Waals surface area contributed by atoms with Crippen LogP contribution >= 0.6 is 0 Å². The average molecular weight is 543 g/mol. The molecule has 41 heavy (non-hydrogen) atoms. The lowest BCUT2D eigenvalue weighted by Gasteiger charge is -2.33. The molecular weight excluding hydrogens is 492 g/mol. The third-order valence-corrected chi connectivity index (χ3v) is 8.58. The van der Waals surface area contributed by atoms with Crippen LogP contribution in [-0.2, 0) is 10.8 Å². The van der Waals surface area contributed by atoms with E-state index in [-0.39, 0.29) is 16.2 Å². The first kappa shape index (κ1) is 30.6. The summed E-state index contributed by atoms with van der Waals surface area (Å²) in [5.41, 5.74) is 7.16. The highest BCUT2D eigenvalue weighted by Crippen LogP contribution is 2.45. The third-order valence-electron chi connectivity index (χ3n) is 8.58. The summed E-state index contributed by atoms with van der Waals surface area (Å²) in [6.45, 7) is 24.1. The van der Waals surface area contributed by atoms with Crippen LogP contribution in [0.2, 0.25) is 0 Å². The molecule has 214 valence electrons. The number of benzene rings is 5. The Hall–Kier alpha value is -3.38. The van der Waals surface area contributed by atoms with Gasteiger partial charge >= 0.3 is 0 Å². The molecule has 5 aromatic carbocycles. The smallest absolute Gasteiger partial charge is 0.0147 e. The molecule has 0 heteroatoms. The summed E-state index contributed by atoms with van der Waals surface area (Å²) in [7, 11) is 0. The van der Waals surface area contributed by atoms with Crippen molar-refractivity contribution in [1.29, 1.82) is 0 Å². The molecule has 0 bridgehead atoms. The summed E-state index contributed by atoms with van der Waals surface area (Å²) in [6, 6.07) is 27.8. The Morgan fingerprint density at radius 2 is 1.12 bits per heavy atom. The zero-order chi connectivity index (χ0) is 30.2. The Morgan fingerprint density at radius 1 is 0.585 bits per heavy atom. The van der Waals surface area contributed by atoms with Gasteiger partial charge in [-0.2, -0.15) is 0 Å². The van der Waals surface area contributed by atoms with E-state index in [4.69, 9.17) is 0 Å². The molecule has 5 aromatic rings. The van der Waals surface area contributed by atoms with Gasteiger partial charge in [-0.25, -0.2) is 0 Å². The van der Waals surface area contributed by atoms with E-state index in [1.165, 1.54) is 60.1 Å². The monoisotopic (exact) mass is 542 g/mol. The first-order valence-electron chi connectivity index (χ1n) is 15.7. The summed E-state index contributed by atoms with van der Waals surface area (Å²) < 4.78 is 0. The molecule has 0 heterocycles. The van der Waals surface area contributed by atoms with Gasteiger partial charge in [-0.3, -0.25) is 0 Å². The molecule has 1 atom stereocenters. The van der Waals surface area contributed by atoms with Gasteiger partial charge in [0.15, 0.2) is 0 Å². The van der Waals surface area contributed by atoms with E-state index in [9.17, 15) is 0 Å². The molecule has 0 nitrogen and oxygen atoms in total. The van der Waals surface area contributed by atoms with E-state index in [0.29, 0.717) is 0 Å². The van der Waals surface area contributed by atoms with Crippen molar-refractivity contribution in [2.75, 3.05) is 0 Å². The molecule has 0 N–H and O–H groups in total. The van der Waals surface area contributed by atoms with E-state index in [0.717, 1.165) is 6.42 Å². The van der Waals surface area contributed by atoms with Crippen LogP contribution in [0.4, 0.5) is 0 Å². The fourth-order valence-electron chi connectivity index (χ4n) is 6.19. The molecule has 0 aromatic heterocycles. The summed E-state index contributed by atoms with van der Waals surface area (Å²) >= 11 is 0. The van der Waals surface area contributed by atoms with Crippen LogP contribution in [0, 0.1) is 5.41 Å². The molecule has 0 radical (unpaired) electrons. The van der Waals surface area contributed by atoms with Crippen LogP contribution in [0.3, 0.4) is 0 Å². The summed E-state index contributed by atoms with van der Waals surface area (Å²) in [6.07, 6.45) is 8.30. The molecule has 0 aliphatic heterocycles. The Morgan fingerprint density at radius 3 is 1.66 bits per heavy atom. The van der Waals surface area contributed by atoms with Crippen molar-refractivity contribution in [2.24, 2.45) is 5.41 Å². The lowest BCUT2D eigenvalue weighted by Crippen LogP contribution is -2.23. The normalized spacial score (nSPS) is 17.2. The SMILES string of the molecule is CC.CC.CC(C)(C)C1=CCC(C)(c2ccc3ccc4c(-c5ccc(C(C)(C)C)cc5)ccc5ccc2c3c54)C=C1. The van der Waals surface area contributed by atoms with Crippen molar-refractivity contribution in [1.82, 2.24) is 0 Å². The standard InChI is InChI=1S/C37H38.2C2H6/c1-35(2,3)27-14-8-24(9-15-27)29-16-10-25-12-18-31-32(19-13-26-11-17-30(29)33(25)34(26)31)37(7)22-20-28(21-23-37)36(4,5)6;2*1-2/h8-22H,23H2,1-7H3;2*1-2H3. The van der Waals surface area contributed by atoms with Gasteiger partial charge in [0.2, 0.25) is 0 Å². The lowest BCUT2D eigenvalue weighted by atomic mass is 9.71. The van der Waals surface area contributed by atoms with Gasteiger partial charge in [-0.1, -0.05) is 167 Å². The Labute approximate surface area is 249 Å². The number of hydrogen-bond donors (Lipinski definition) is 0. The topological polar surface area (TPSA) is 0 Å².